The lowest BCUT2D eigenvalue weighted by atomic mass is 9.94. The highest BCUT2D eigenvalue weighted by molar-refractivity contribution is 6.05. The molecule has 0 radical (unpaired) electrons. The maximum atomic E-state index is 4.53. The molecule has 1 aliphatic rings. The zero-order valence-electron chi connectivity index (χ0n) is 10.2. The van der Waals surface area contributed by atoms with Crippen molar-refractivity contribution in [3.63, 3.8) is 0 Å². The third-order valence-electron chi connectivity index (χ3n) is 3.02. The Balaban J connectivity index is 2.74. The Labute approximate surface area is 94.2 Å². The Morgan fingerprint density at radius 1 is 1.53 bits per heavy atom. The highest BCUT2D eigenvalue weighted by Gasteiger charge is 2.25. The molecule has 0 bridgehead atoms. The molecule has 0 aromatic rings. The SMILES string of the molecule is BN(C(C=C)C(C)C)C1N=CC=CC1C. The first-order valence-corrected chi connectivity index (χ1v) is 5.62. The highest BCUT2D eigenvalue weighted by atomic mass is 15.2. The fourth-order valence-electron chi connectivity index (χ4n) is 2.16. The fraction of sp³-hybridized carbons (Fsp3) is 0.583. The Morgan fingerprint density at radius 2 is 2.20 bits per heavy atom. The Bertz CT molecular complexity index is 271. The summed E-state index contributed by atoms with van der Waals surface area (Å²) < 4.78 is 0. The standard InChI is InChI=1S/C12H21BN2/c1-5-11(9(2)3)15(13)12-10(4)7-6-8-14-12/h5-12H,1,13H2,2-4H3. The number of dihydropyridines is 1. The third kappa shape index (κ3) is 2.82. The zero-order valence-corrected chi connectivity index (χ0v) is 10.2. The molecule has 0 aromatic carbocycles. The number of allylic oxidation sites excluding steroid dienone is 1. The molecule has 1 heterocycles. The summed E-state index contributed by atoms with van der Waals surface area (Å²) >= 11 is 0. The average Bonchev–Trinajstić information content (AvgIpc) is 2.18. The van der Waals surface area contributed by atoms with Gasteiger partial charge < -0.3 is 4.81 Å². The van der Waals surface area contributed by atoms with Crippen LogP contribution in [0, 0.1) is 11.8 Å². The van der Waals surface area contributed by atoms with Crippen LogP contribution in [-0.2, 0) is 0 Å². The van der Waals surface area contributed by atoms with E-state index in [4.69, 9.17) is 0 Å². The second-order valence-electron chi connectivity index (χ2n) is 4.59. The van der Waals surface area contributed by atoms with E-state index in [1.807, 2.05) is 18.4 Å². The van der Waals surface area contributed by atoms with Crippen molar-refractivity contribution in [2.75, 3.05) is 0 Å². The van der Waals surface area contributed by atoms with E-state index in [0.717, 1.165) is 0 Å². The molecule has 0 spiro atoms. The van der Waals surface area contributed by atoms with Crippen molar-refractivity contribution < 1.29 is 0 Å². The third-order valence-corrected chi connectivity index (χ3v) is 3.02. The fourth-order valence-corrected chi connectivity index (χ4v) is 2.16. The lowest BCUT2D eigenvalue weighted by molar-refractivity contribution is 0.221. The molecule has 0 saturated heterocycles. The van der Waals surface area contributed by atoms with Gasteiger partial charge in [-0.3, -0.25) is 4.99 Å². The number of nitrogens with zero attached hydrogens (tertiary/aromatic N) is 2. The molecule has 1 rings (SSSR count). The second-order valence-corrected chi connectivity index (χ2v) is 4.59. The molecule has 3 unspecified atom stereocenters. The minimum Gasteiger partial charge on any atom is -0.322 e. The number of hydrogen-bond acceptors (Lipinski definition) is 2. The van der Waals surface area contributed by atoms with Gasteiger partial charge >= 0.3 is 0 Å². The second kappa shape index (κ2) is 5.31. The lowest BCUT2D eigenvalue weighted by Crippen LogP contribution is -2.45. The highest BCUT2D eigenvalue weighted by Crippen LogP contribution is 2.20. The predicted molar refractivity (Wildman–Crippen MR) is 69.8 cm³/mol. The van der Waals surface area contributed by atoms with Crippen LogP contribution < -0.4 is 0 Å². The topological polar surface area (TPSA) is 15.6 Å². The normalized spacial score (nSPS) is 27.3. The smallest absolute Gasteiger partial charge is 0.188 e. The molecule has 15 heavy (non-hydrogen) atoms. The molecular weight excluding hydrogens is 183 g/mol. The van der Waals surface area contributed by atoms with Crippen molar-refractivity contribution in [3.8, 4) is 0 Å². The molecule has 0 aromatic heterocycles. The van der Waals surface area contributed by atoms with Crippen molar-refractivity contribution in [2.24, 2.45) is 16.8 Å². The lowest BCUT2D eigenvalue weighted by Gasteiger charge is -2.37. The summed E-state index contributed by atoms with van der Waals surface area (Å²) in [5, 5.41) is 0. The number of aliphatic imine (C=N–C) groups is 1. The van der Waals surface area contributed by atoms with Gasteiger partial charge in [-0.25, -0.2) is 0 Å². The van der Waals surface area contributed by atoms with Gasteiger partial charge in [0.15, 0.2) is 7.98 Å². The molecule has 0 N–H and O–H groups in total. The number of rotatable bonds is 4. The summed E-state index contributed by atoms with van der Waals surface area (Å²) in [6.45, 7) is 10.6. The molecule has 1 aliphatic heterocycles. The minimum atomic E-state index is 0.250. The van der Waals surface area contributed by atoms with Crippen molar-refractivity contribution in [2.45, 2.75) is 33.0 Å². The first kappa shape index (κ1) is 12.2. The molecular formula is C12H21BN2. The van der Waals surface area contributed by atoms with Gasteiger partial charge in [-0.2, -0.15) is 0 Å². The molecule has 2 nitrogen and oxygen atoms in total. The van der Waals surface area contributed by atoms with E-state index in [0.29, 0.717) is 17.9 Å². The van der Waals surface area contributed by atoms with Gasteiger partial charge in [0.2, 0.25) is 0 Å². The van der Waals surface area contributed by atoms with Crippen LogP contribution in [0.15, 0.2) is 29.8 Å². The van der Waals surface area contributed by atoms with Crippen molar-refractivity contribution >= 4 is 14.2 Å². The quantitative estimate of drug-likeness (QED) is 0.502. The van der Waals surface area contributed by atoms with E-state index < -0.39 is 0 Å². The summed E-state index contributed by atoms with van der Waals surface area (Å²) in [6.07, 6.45) is 8.38. The van der Waals surface area contributed by atoms with Gasteiger partial charge in [0.25, 0.3) is 0 Å². The van der Waals surface area contributed by atoms with Crippen LogP contribution in [0.3, 0.4) is 0 Å². The van der Waals surface area contributed by atoms with Crippen molar-refractivity contribution in [1.29, 1.82) is 0 Å². The van der Waals surface area contributed by atoms with Crippen molar-refractivity contribution in [3.05, 3.63) is 24.8 Å². The van der Waals surface area contributed by atoms with Gasteiger partial charge in [0, 0.05) is 18.2 Å². The molecule has 0 amide bonds. The average molecular weight is 204 g/mol. The van der Waals surface area contributed by atoms with E-state index in [1.165, 1.54) is 0 Å². The molecule has 0 fully saturated rings. The summed E-state index contributed by atoms with van der Waals surface area (Å²) in [7, 11) is 2.13. The van der Waals surface area contributed by atoms with Gasteiger partial charge in [-0.15, -0.1) is 6.58 Å². The first-order valence-electron chi connectivity index (χ1n) is 5.62. The minimum absolute atomic E-state index is 0.250. The van der Waals surface area contributed by atoms with Gasteiger partial charge in [0.05, 0.1) is 6.17 Å². The van der Waals surface area contributed by atoms with Crippen LogP contribution in [0.5, 0.6) is 0 Å². The number of hydrogen-bond donors (Lipinski definition) is 0. The van der Waals surface area contributed by atoms with Gasteiger partial charge in [-0.1, -0.05) is 32.9 Å². The predicted octanol–water partition coefficient (Wildman–Crippen LogP) is 1.65. The van der Waals surface area contributed by atoms with Gasteiger partial charge in [-0.05, 0) is 12.0 Å². The molecule has 0 aliphatic carbocycles. The van der Waals surface area contributed by atoms with Crippen LogP contribution in [0.2, 0.25) is 0 Å². The summed E-state index contributed by atoms with van der Waals surface area (Å²) in [5.41, 5.74) is 0. The molecule has 82 valence electrons. The molecule has 3 atom stereocenters. The maximum Gasteiger partial charge on any atom is 0.188 e. The van der Waals surface area contributed by atoms with Crippen LogP contribution >= 0.6 is 0 Å². The van der Waals surface area contributed by atoms with Gasteiger partial charge in [0.1, 0.15) is 0 Å². The van der Waals surface area contributed by atoms with Crippen LogP contribution in [0.1, 0.15) is 20.8 Å². The van der Waals surface area contributed by atoms with E-state index in [1.54, 1.807) is 0 Å². The first-order chi connectivity index (χ1) is 7.07. The van der Waals surface area contributed by atoms with E-state index in [2.05, 4.69) is 51.2 Å². The summed E-state index contributed by atoms with van der Waals surface area (Å²) in [5.74, 6) is 1.04. The molecule has 3 heteroatoms. The van der Waals surface area contributed by atoms with Crippen LogP contribution in [-0.4, -0.2) is 31.2 Å². The Morgan fingerprint density at radius 3 is 2.67 bits per heavy atom. The Hall–Kier alpha value is -0.825. The Kier molecular flexibility index (Phi) is 4.34. The summed E-state index contributed by atoms with van der Waals surface area (Å²) in [4.78, 5) is 6.84. The van der Waals surface area contributed by atoms with E-state index in [-0.39, 0.29) is 6.17 Å². The maximum absolute atomic E-state index is 4.53. The van der Waals surface area contributed by atoms with Crippen LogP contribution in [0.4, 0.5) is 0 Å². The molecule has 0 saturated carbocycles. The monoisotopic (exact) mass is 204 g/mol. The zero-order chi connectivity index (χ0) is 11.4. The van der Waals surface area contributed by atoms with Crippen LogP contribution in [0.25, 0.3) is 0 Å². The summed E-state index contributed by atoms with van der Waals surface area (Å²) in [6, 6.07) is 0.390. The van der Waals surface area contributed by atoms with E-state index >= 15 is 0 Å². The largest absolute Gasteiger partial charge is 0.322 e. The van der Waals surface area contributed by atoms with E-state index in [9.17, 15) is 0 Å². The van der Waals surface area contributed by atoms with Crippen molar-refractivity contribution in [1.82, 2.24) is 4.81 Å².